The third-order valence-electron chi connectivity index (χ3n) is 1.34. The first-order valence-electron chi connectivity index (χ1n) is 2.99. The Bertz CT molecular complexity index is 278. The second-order valence-electron chi connectivity index (χ2n) is 2.04. The molecule has 0 spiro atoms. The van der Waals surface area contributed by atoms with Gasteiger partial charge in [-0.2, -0.15) is 0 Å². The number of nitrogens with two attached hydrogens (primary N) is 1. The summed E-state index contributed by atoms with van der Waals surface area (Å²) in [6, 6.07) is 2.37. The molecule has 0 radical (unpaired) electrons. The van der Waals surface area contributed by atoms with E-state index in [1.165, 1.54) is 6.07 Å². The summed E-state index contributed by atoms with van der Waals surface area (Å²) < 4.78 is 25.0. The van der Waals surface area contributed by atoms with E-state index < -0.39 is 11.6 Å². The largest absolute Gasteiger partial charge is 0.326 e. The molecule has 2 N–H and O–H groups in total. The molecule has 1 aromatic rings. The average Bonchev–Trinajstić information content (AvgIpc) is 2.01. The van der Waals surface area contributed by atoms with Crippen LogP contribution in [0.5, 0.6) is 0 Å². The molecule has 0 fully saturated rings. The highest BCUT2D eigenvalue weighted by Crippen LogP contribution is 2.21. The first-order valence-corrected chi connectivity index (χ1v) is 3.37. The maximum atomic E-state index is 12.6. The molecular weight excluding hydrogens is 207 g/mol. The van der Waals surface area contributed by atoms with Gasteiger partial charge in [0.15, 0.2) is 11.6 Å². The van der Waals surface area contributed by atoms with Gasteiger partial charge in [-0.25, -0.2) is 8.78 Å². The van der Waals surface area contributed by atoms with Gasteiger partial charge in [0, 0.05) is 6.54 Å². The molecule has 0 aliphatic carbocycles. The number of hydrogen-bond acceptors (Lipinski definition) is 1. The fraction of sp³-hybridized carbons (Fsp3) is 0.143. The predicted octanol–water partition coefficient (Wildman–Crippen LogP) is 2.50. The molecule has 0 unspecified atom stereocenters. The van der Waals surface area contributed by atoms with Gasteiger partial charge in [-0.15, -0.1) is 12.4 Å². The van der Waals surface area contributed by atoms with Crippen LogP contribution in [0.1, 0.15) is 5.56 Å². The molecule has 0 bridgehead atoms. The molecule has 0 heterocycles. The Balaban J connectivity index is 0.00000121. The lowest BCUT2D eigenvalue weighted by atomic mass is 10.2. The third-order valence-corrected chi connectivity index (χ3v) is 1.74. The number of hydrogen-bond donors (Lipinski definition) is 1. The Morgan fingerprint density at radius 2 is 1.92 bits per heavy atom. The molecule has 0 aromatic heterocycles. The van der Waals surface area contributed by atoms with Gasteiger partial charge < -0.3 is 5.73 Å². The van der Waals surface area contributed by atoms with Gasteiger partial charge in [0.2, 0.25) is 0 Å². The first-order chi connectivity index (χ1) is 5.16. The molecule has 0 saturated heterocycles. The van der Waals surface area contributed by atoms with E-state index in [1.807, 2.05) is 0 Å². The van der Waals surface area contributed by atoms with E-state index in [4.69, 9.17) is 17.3 Å². The molecule has 5 heteroatoms. The molecule has 0 aliphatic heterocycles. The summed E-state index contributed by atoms with van der Waals surface area (Å²) in [7, 11) is 0. The summed E-state index contributed by atoms with van der Waals surface area (Å²) in [5, 5.41) is -0.229. The molecule has 12 heavy (non-hydrogen) atoms. The van der Waals surface area contributed by atoms with Crippen molar-refractivity contribution in [2.24, 2.45) is 5.73 Å². The monoisotopic (exact) mass is 213 g/mol. The summed E-state index contributed by atoms with van der Waals surface area (Å²) in [5.74, 6) is -1.98. The van der Waals surface area contributed by atoms with Crippen LogP contribution in [-0.2, 0) is 6.54 Å². The fourth-order valence-electron chi connectivity index (χ4n) is 0.724. The molecule has 1 aromatic carbocycles. The second kappa shape index (κ2) is 4.60. The maximum absolute atomic E-state index is 12.6. The molecule has 1 rings (SSSR count). The van der Waals surface area contributed by atoms with Crippen molar-refractivity contribution in [1.82, 2.24) is 0 Å². The Morgan fingerprint density at radius 1 is 1.33 bits per heavy atom. The van der Waals surface area contributed by atoms with Gasteiger partial charge in [-0.1, -0.05) is 17.7 Å². The summed E-state index contributed by atoms with van der Waals surface area (Å²) in [4.78, 5) is 0. The van der Waals surface area contributed by atoms with Crippen molar-refractivity contribution >= 4 is 24.0 Å². The van der Waals surface area contributed by atoms with Crippen molar-refractivity contribution in [2.45, 2.75) is 6.54 Å². The SMILES string of the molecule is Cl.NCc1ccc(F)c(F)c1Cl. The lowest BCUT2D eigenvalue weighted by Crippen LogP contribution is -1.99. The Kier molecular flexibility index (Phi) is 4.45. The summed E-state index contributed by atoms with van der Waals surface area (Å²) >= 11 is 5.40. The van der Waals surface area contributed by atoms with Crippen LogP contribution in [-0.4, -0.2) is 0 Å². The van der Waals surface area contributed by atoms with Gasteiger partial charge in [0.25, 0.3) is 0 Å². The van der Waals surface area contributed by atoms with E-state index in [9.17, 15) is 8.78 Å². The van der Waals surface area contributed by atoms with Crippen LogP contribution in [0.3, 0.4) is 0 Å². The van der Waals surface area contributed by atoms with E-state index >= 15 is 0 Å². The van der Waals surface area contributed by atoms with Crippen LogP contribution in [0.25, 0.3) is 0 Å². The molecule has 0 amide bonds. The van der Waals surface area contributed by atoms with E-state index in [0.29, 0.717) is 5.56 Å². The van der Waals surface area contributed by atoms with Crippen molar-refractivity contribution in [2.75, 3.05) is 0 Å². The van der Waals surface area contributed by atoms with Crippen LogP contribution in [0, 0.1) is 11.6 Å². The van der Waals surface area contributed by atoms with Crippen molar-refractivity contribution in [3.63, 3.8) is 0 Å². The van der Waals surface area contributed by atoms with Crippen LogP contribution in [0.4, 0.5) is 8.78 Å². The van der Waals surface area contributed by atoms with Gasteiger partial charge in [-0.05, 0) is 11.6 Å². The zero-order chi connectivity index (χ0) is 8.43. The van der Waals surface area contributed by atoms with Gasteiger partial charge in [-0.3, -0.25) is 0 Å². The highest BCUT2D eigenvalue weighted by molar-refractivity contribution is 6.31. The van der Waals surface area contributed by atoms with E-state index in [-0.39, 0.29) is 24.0 Å². The van der Waals surface area contributed by atoms with Crippen LogP contribution in [0.15, 0.2) is 12.1 Å². The zero-order valence-electron chi connectivity index (χ0n) is 5.98. The Hall–Kier alpha value is -0.380. The Morgan fingerprint density at radius 3 is 2.42 bits per heavy atom. The van der Waals surface area contributed by atoms with Crippen LogP contribution < -0.4 is 5.73 Å². The third kappa shape index (κ3) is 2.06. The van der Waals surface area contributed by atoms with Crippen molar-refractivity contribution in [3.05, 3.63) is 34.4 Å². The molecular formula is C7H7Cl2F2N. The average molecular weight is 214 g/mol. The molecule has 0 saturated carbocycles. The normalized spacial score (nSPS) is 9.33. The maximum Gasteiger partial charge on any atom is 0.177 e. The van der Waals surface area contributed by atoms with E-state index in [1.54, 1.807) is 0 Å². The minimum Gasteiger partial charge on any atom is -0.326 e. The summed E-state index contributed by atoms with van der Waals surface area (Å²) in [5.41, 5.74) is 5.60. The minimum atomic E-state index is -1.03. The summed E-state index contributed by atoms with van der Waals surface area (Å²) in [6.07, 6.45) is 0. The van der Waals surface area contributed by atoms with Crippen LogP contribution in [0.2, 0.25) is 5.02 Å². The number of benzene rings is 1. The van der Waals surface area contributed by atoms with Gasteiger partial charge in [0.05, 0.1) is 5.02 Å². The number of halogens is 4. The van der Waals surface area contributed by atoms with Gasteiger partial charge >= 0.3 is 0 Å². The number of rotatable bonds is 1. The smallest absolute Gasteiger partial charge is 0.177 e. The second-order valence-corrected chi connectivity index (χ2v) is 2.42. The lowest BCUT2D eigenvalue weighted by molar-refractivity contribution is 0.507. The van der Waals surface area contributed by atoms with E-state index in [2.05, 4.69) is 0 Å². The summed E-state index contributed by atoms with van der Waals surface area (Å²) in [6.45, 7) is 0.107. The van der Waals surface area contributed by atoms with Crippen molar-refractivity contribution in [1.29, 1.82) is 0 Å². The predicted molar refractivity (Wildman–Crippen MR) is 46.5 cm³/mol. The fourth-order valence-corrected chi connectivity index (χ4v) is 0.954. The molecule has 0 aliphatic rings. The van der Waals surface area contributed by atoms with E-state index in [0.717, 1.165) is 6.07 Å². The topological polar surface area (TPSA) is 26.0 Å². The quantitative estimate of drug-likeness (QED) is 0.714. The highest BCUT2D eigenvalue weighted by atomic mass is 35.5. The molecule has 68 valence electrons. The van der Waals surface area contributed by atoms with Crippen molar-refractivity contribution in [3.8, 4) is 0 Å². The molecule has 1 nitrogen and oxygen atoms in total. The zero-order valence-corrected chi connectivity index (χ0v) is 7.55. The van der Waals surface area contributed by atoms with Crippen molar-refractivity contribution < 1.29 is 8.78 Å². The lowest BCUT2D eigenvalue weighted by Gasteiger charge is -2.01. The molecule has 0 atom stereocenters. The first kappa shape index (κ1) is 11.6. The highest BCUT2D eigenvalue weighted by Gasteiger charge is 2.09. The van der Waals surface area contributed by atoms with Gasteiger partial charge in [0.1, 0.15) is 0 Å². The Labute approximate surface area is 79.9 Å². The minimum absolute atomic E-state index is 0. The van der Waals surface area contributed by atoms with Crippen LogP contribution >= 0.6 is 24.0 Å². The standard InChI is InChI=1S/C7H6ClF2N.ClH/c8-6-4(3-11)1-2-5(9)7(6)10;/h1-2H,3,11H2;1H.